The van der Waals surface area contributed by atoms with Gasteiger partial charge in [0.25, 0.3) is 5.56 Å². The molecule has 0 aliphatic heterocycles. The fourth-order valence-electron chi connectivity index (χ4n) is 1.92. The molecular formula is C16H25N7O2. The number of hydrogen-bond acceptors (Lipinski definition) is 8. The van der Waals surface area contributed by atoms with Crippen LogP contribution in [0.4, 0.5) is 11.9 Å². The first-order chi connectivity index (χ1) is 11.9. The van der Waals surface area contributed by atoms with E-state index < -0.39 is 0 Å². The van der Waals surface area contributed by atoms with Gasteiger partial charge in [-0.05, 0) is 12.3 Å². The van der Waals surface area contributed by atoms with E-state index >= 15 is 0 Å². The zero-order chi connectivity index (χ0) is 18.4. The lowest BCUT2D eigenvalue weighted by Crippen LogP contribution is -2.22. The van der Waals surface area contributed by atoms with Crippen molar-refractivity contribution in [1.82, 2.24) is 24.7 Å². The number of hydrogen-bond donors (Lipinski definition) is 1. The van der Waals surface area contributed by atoms with Crippen LogP contribution < -0.4 is 20.5 Å². The van der Waals surface area contributed by atoms with Gasteiger partial charge in [0.2, 0.25) is 17.8 Å². The molecular weight excluding hydrogens is 322 g/mol. The van der Waals surface area contributed by atoms with Crippen molar-refractivity contribution >= 4 is 11.9 Å². The summed E-state index contributed by atoms with van der Waals surface area (Å²) < 4.78 is 7.02. The highest BCUT2D eigenvalue weighted by atomic mass is 16.5. The van der Waals surface area contributed by atoms with E-state index in [0.29, 0.717) is 24.4 Å². The first-order valence-electron chi connectivity index (χ1n) is 8.32. The lowest BCUT2D eigenvalue weighted by molar-refractivity contribution is 0.398. The van der Waals surface area contributed by atoms with Crippen LogP contribution in [0, 0.1) is 5.92 Å². The monoisotopic (exact) mass is 347 g/mol. The van der Waals surface area contributed by atoms with Crippen LogP contribution >= 0.6 is 0 Å². The average Bonchev–Trinajstić information content (AvgIpc) is 2.56. The molecule has 2 aromatic heterocycles. The number of ether oxygens (including phenoxy) is 1. The summed E-state index contributed by atoms with van der Waals surface area (Å²) in [6, 6.07) is 3.05. The minimum Gasteiger partial charge on any atom is -0.403 e. The Labute approximate surface area is 147 Å². The van der Waals surface area contributed by atoms with Crippen LogP contribution in [0.1, 0.15) is 27.2 Å². The van der Waals surface area contributed by atoms with Crippen LogP contribution in [0.2, 0.25) is 0 Å². The number of anilines is 2. The molecule has 0 bridgehead atoms. The fourth-order valence-corrected chi connectivity index (χ4v) is 1.92. The third-order valence-electron chi connectivity index (χ3n) is 3.14. The molecule has 1 N–H and O–H groups in total. The molecule has 0 saturated heterocycles. The van der Waals surface area contributed by atoms with Gasteiger partial charge in [-0.1, -0.05) is 20.8 Å². The molecule has 25 heavy (non-hydrogen) atoms. The summed E-state index contributed by atoms with van der Waals surface area (Å²) in [6.45, 7) is 7.43. The lowest BCUT2D eigenvalue weighted by Gasteiger charge is -2.14. The number of nitrogens with one attached hydrogen (secondary N) is 1. The van der Waals surface area contributed by atoms with Crippen molar-refractivity contribution in [2.75, 3.05) is 30.9 Å². The molecule has 0 unspecified atom stereocenters. The first kappa shape index (κ1) is 18.6. The molecule has 0 aromatic carbocycles. The van der Waals surface area contributed by atoms with Gasteiger partial charge in [0.05, 0.1) is 0 Å². The molecule has 0 radical (unpaired) electrons. The topological polar surface area (TPSA) is 98.1 Å². The molecule has 0 saturated carbocycles. The van der Waals surface area contributed by atoms with E-state index in [0.717, 1.165) is 13.0 Å². The zero-order valence-corrected chi connectivity index (χ0v) is 15.4. The summed E-state index contributed by atoms with van der Waals surface area (Å²) >= 11 is 0. The van der Waals surface area contributed by atoms with E-state index in [1.165, 1.54) is 16.8 Å². The summed E-state index contributed by atoms with van der Waals surface area (Å²) in [6.07, 6.45) is 0.802. The average molecular weight is 347 g/mol. The molecule has 136 valence electrons. The van der Waals surface area contributed by atoms with E-state index in [-0.39, 0.29) is 17.4 Å². The molecule has 2 aromatic rings. The molecule has 0 amide bonds. The Balaban J connectivity index is 2.28. The number of nitrogens with zero attached hydrogens (tertiary/aromatic N) is 6. The molecule has 0 aliphatic rings. The Morgan fingerprint density at radius 2 is 2.00 bits per heavy atom. The summed E-state index contributed by atoms with van der Waals surface area (Å²) in [5, 5.41) is 7.35. The van der Waals surface area contributed by atoms with Gasteiger partial charge in [-0.15, -0.1) is 5.10 Å². The van der Waals surface area contributed by atoms with E-state index in [1.807, 2.05) is 21.0 Å². The van der Waals surface area contributed by atoms with Crippen molar-refractivity contribution in [2.45, 2.75) is 33.7 Å². The minimum atomic E-state index is -0.168. The predicted molar refractivity (Wildman–Crippen MR) is 96.3 cm³/mol. The number of aromatic nitrogens is 5. The second-order valence-electron chi connectivity index (χ2n) is 6.25. The largest absolute Gasteiger partial charge is 0.403 e. The highest BCUT2D eigenvalue weighted by molar-refractivity contribution is 5.37. The molecule has 2 rings (SSSR count). The summed E-state index contributed by atoms with van der Waals surface area (Å²) in [7, 11) is 3.68. The molecule has 9 nitrogen and oxygen atoms in total. The van der Waals surface area contributed by atoms with Crippen LogP contribution in [-0.4, -0.2) is 45.4 Å². The van der Waals surface area contributed by atoms with E-state index in [4.69, 9.17) is 4.74 Å². The van der Waals surface area contributed by atoms with Gasteiger partial charge in [-0.3, -0.25) is 4.79 Å². The van der Waals surface area contributed by atoms with Crippen LogP contribution in [0.5, 0.6) is 11.9 Å². The van der Waals surface area contributed by atoms with Crippen LogP contribution in [0.25, 0.3) is 0 Å². The van der Waals surface area contributed by atoms with Gasteiger partial charge in [-0.25, -0.2) is 4.68 Å². The molecule has 0 aliphatic carbocycles. The van der Waals surface area contributed by atoms with Gasteiger partial charge in [0, 0.05) is 39.3 Å². The Morgan fingerprint density at radius 3 is 2.64 bits per heavy atom. The highest BCUT2D eigenvalue weighted by Crippen LogP contribution is 2.18. The third kappa shape index (κ3) is 5.40. The van der Waals surface area contributed by atoms with Crippen molar-refractivity contribution in [3.63, 3.8) is 0 Å². The number of aryl methyl sites for hydroxylation is 1. The first-order valence-corrected chi connectivity index (χ1v) is 8.32. The predicted octanol–water partition coefficient (Wildman–Crippen LogP) is 1.76. The van der Waals surface area contributed by atoms with Gasteiger partial charge < -0.3 is 15.0 Å². The maximum Gasteiger partial charge on any atom is 0.330 e. The molecule has 0 atom stereocenters. The third-order valence-corrected chi connectivity index (χ3v) is 3.14. The molecule has 0 fully saturated rings. The zero-order valence-electron chi connectivity index (χ0n) is 15.4. The SMILES string of the molecule is CCCn1nc(Oc2nc(NCC(C)C)nc(N(C)C)n2)ccc1=O. The van der Waals surface area contributed by atoms with Crippen molar-refractivity contribution < 1.29 is 4.74 Å². The lowest BCUT2D eigenvalue weighted by atomic mass is 10.2. The summed E-state index contributed by atoms with van der Waals surface area (Å²) in [4.78, 5) is 26.4. The Bertz CT molecular complexity index is 758. The Kier molecular flexibility index (Phi) is 6.26. The van der Waals surface area contributed by atoms with E-state index in [2.05, 4.69) is 39.2 Å². The number of rotatable bonds is 8. The van der Waals surface area contributed by atoms with E-state index in [1.54, 1.807) is 4.90 Å². The Morgan fingerprint density at radius 1 is 1.24 bits per heavy atom. The Hall–Kier alpha value is -2.71. The standard InChI is InChI=1S/C16H25N7O2/c1-6-9-23-13(24)8-7-12(21-23)25-16-19-14(17-10-11(2)3)18-15(20-16)22(4)5/h7-8,11H,6,9-10H2,1-5H3,(H,17,18,19,20). The second-order valence-corrected chi connectivity index (χ2v) is 6.25. The highest BCUT2D eigenvalue weighted by Gasteiger charge is 2.12. The fraction of sp³-hybridized carbons (Fsp3) is 0.562. The van der Waals surface area contributed by atoms with Crippen molar-refractivity contribution in [3.05, 3.63) is 22.5 Å². The van der Waals surface area contributed by atoms with Crippen molar-refractivity contribution in [2.24, 2.45) is 5.92 Å². The summed E-state index contributed by atoms with van der Waals surface area (Å²) in [5.74, 6) is 1.62. The van der Waals surface area contributed by atoms with Crippen LogP contribution in [0.15, 0.2) is 16.9 Å². The van der Waals surface area contributed by atoms with Crippen molar-refractivity contribution in [1.29, 1.82) is 0 Å². The molecule has 2 heterocycles. The van der Waals surface area contributed by atoms with Crippen molar-refractivity contribution in [3.8, 4) is 11.9 Å². The van der Waals surface area contributed by atoms with Crippen LogP contribution in [0.3, 0.4) is 0 Å². The van der Waals surface area contributed by atoms with Gasteiger partial charge in [0.1, 0.15) is 0 Å². The van der Waals surface area contributed by atoms with Gasteiger partial charge in [-0.2, -0.15) is 15.0 Å². The molecule has 9 heteroatoms. The van der Waals surface area contributed by atoms with Gasteiger partial charge >= 0.3 is 6.01 Å². The quantitative estimate of drug-likeness (QED) is 0.771. The van der Waals surface area contributed by atoms with Gasteiger partial charge in [0.15, 0.2) is 0 Å². The second kappa shape index (κ2) is 8.41. The maximum absolute atomic E-state index is 11.7. The molecule has 0 spiro atoms. The minimum absolute atomic E-state index is 0.124. The summed E-state index contributed by atoms with van der Waals surface area (Å²) in [5.41, 5.74) is -0.168. The normalized spacial score (nSPS) is 10.8. The van der Waals surface area contributed by atoms with E-state index in [9.17, 15) is 4.79 Å². The van der Waals surface area contributed by atoms with Crippen LogP contribution in [-0.2, 0) is 6.54 Å². The maximum atomic E-state index is 11.7. The smallest absolute Gasteiger partial charge is 0.330 e.